The fraction of sp³-hybridized carbons (Fsp3) is 0. The van der Waals surface area contributed by atoms with Crippen LogP contribution in [0.15, 0.2) is 206 Å². The molecule has 0 bridgehead atoms. The molecule has 4 nitrogen and oxygen atoms in total. The standard InChI is InChI=1S/C52H34N4/c1-5-14-38(15-6-1)44-22-13-23-46-48(44)45-33-32-43(34-47(45)53-49(46)39-16-7-2-8-17-39)37-26-24-35(25-27-37)36-28-30-42(31-29-36)52-55-50(40-18-9-3-10-19-40)54-51(56-52)41-20-11-4-12-21-41/h1-34H. The normalized spacial score (nSPS) is 11.2. The predicted octanol–water partition coefficient (Wildman–Crippen LogP) is 13.2. The van der Waals surface area contributed by atoms with Gasteiger partial charge < -0.3 is 0 Å². The third kappa shape index (κ3) is 6.29. The summed E-state index contributed by atoms with van der Waals surface area (Å²) in [7, 11) is 0. The van der Waals surface area contributed by atoms with Crippen molar-refractivity contribution in [2.24, 2.45) is 0 Å². The summed E-state index contributed by atoms with van der Waals surface area (Å²) in [5, 5.41) is 3.51. The number of rotatable bonds is 7. The van der Waals surface area contributed by atoms with E-state index < -0.39 is 0 Å². The first-order chi connectivity index (χ1) is 27.7. The van der Waals surface area contributed by atoms with Crippen LogP contribution in [0.3, 0.4) is 0 Å². The molecule has 8 aromatic carbocycles. The number of nitrogens with zero attached hydrogens (tertiary/aromatic N) is 4. The van der Waals surface area contributed by atoms with E-state index in [0.29, 0.717) is 17.5 Å². The van der Waals surface area contributed by atoms with E-state index in [1.54, 1.807) is 0 Å². The molecule has 56 heavy (non-hydrogen) atoms. The summed E-state index contributed by atoms with van der Waals surface area (Å²) >= 11 is 0. The molecule has 0 spiro atoms. The minimum Gasteiger partial charge on any atom is -0.247 e. The minimum absolute atomic E-state index is 0.642. The van der Waals surface area contributed by atoms with E-state index in [0.717, 1.165) is 66.5 Å². The first-order valence-electron chi connectivity index (χ1n) is 18.8. The highest BCUT2D eigenvalue weighted by molar-refractivity contribution is 6.17. The Bertz CT molecular complexity index is 2910. The molecule has 0 radical (unpaired) electrons. The Labute approximate surface area is 325 Å². The number of aromatic nitrogens is 4. The lowest BCUT2D eigenvalue weighted by atomic mass is 9.92. The van der Waals surface area contributed by atoms with Crippen LogP contribution >= 0.6 is 0 Å². The van der Waals surface area contributed by atoms with Crippen molar-refractivity contribution < 1.29 is 0 Å². The van der Waals surface area contributed by atoms with Gasteiger partial charge in [-0.1, -0.05) is 200 Å². The van der Waals surface area contributed by atoms with Crippen LogP contribution in [0.2, 0.25) is 0 Å². The molecular weight excluding hydrogens is 681 g/mol. The van der Waals surface area contributed by atoms with Gasteiger partial charge in [0.25, 0.3) is 0 Å². The lowest BCUT2D eigenvalue weighted by Gasteiger charge is -2.15. The lowest BCUT2D eigenvalue weighted by molar-refractivity contribution is 1.07. The number of hydrogen-bond acceptors (Lipinski definition) is 4. The van der Waals surface area contributed by atoms with E-state index in [9.17, 15) is 0 Å². The summed E-state index contributed by atoms with van der Waals surface area (Å²) in [6.45, 7) is 0. The predicted molar refractivity (Wildman–Crippen MR) is 231 cm³/mol. The van der Waals surface area contributed by atoms with Crippen LogP contribution in [0.25, 0.3) is 100 Å². The third-order valence-electron chi connectivity index (χ3n) is 10.3. The van der Waals surface area contributed by atoms with E-state index in [1.807, 2.05) is 60.7 Å². The number of benzene rings is 8. The number of fused-ring (bicyclic) bond motifs is 3. The molecule has 0 amide bonds. The Morgan fingerprint density at radius 1 is 0.250 bits per heavy atom. The van der Waals surface area contributed by atoms with Gasteiger partial charge in [-0.2, -0.15) is 0 Å². The topological polar surface area (TPSA) is 51.6 Å². The molecule has 0 atom stereocenters. The summed E-state index contributed by atoms with van der Waals surface area (Å²) in [4.78, 5) is 20.0. The van der Waals surface area contributed by atoms with E-state index in [1.165, 1.54) is 16.5 Å². The minimum atomic E-state index is 0.642. The summed E-state index contributed by atoms with van der Waals surface area (Å²) in [5.41, 5.74) is 12.8. The average Bonchev–Trinajstić information content (AvgIpc) is 3.29. The van der Waals surface area contributed by atoms with Gasteiger partial charge in [-0.3, -0.25) is 0 Å². The fourth-order valence-corrected chi connectivity index (χ4v) is 7.51. The van der Waals surface area contributed by atoms with Crippen molar-refractivity contribution in [3.05, 3.63) is 206 Å². The molecule has 4 heteroatoms. The van der Waals surface area contributed by atoms with Gasteiger partial charge >= 0.3 is 0 Å². The first kappa shape index (κ1) is 33.0. The Kier molecular flexibility index (Phi) is 8.47. The molecule has 0 N–H and O–H groups in total. The Hall–Kier alpha value is -7.56. The average molecular weight is 715 g/mol. The molecule has 0 saturated heterocycles. The van der Waals surface area contributed by atoms with Gasteiger partial charge in [0.2, 0.25) is 0 Å². The summed E-state index contributed by atoms with van der Waals surface area (Å²) in [5.74, 6) is 1.95. The maximum absolute atomic E-state index is 5.32. The molecule has 0 aliphatic heterocycles. The SMILES string of the molecule is c1ccc(-c2nc(-c3ccccc3)nc(-c3ccc(-c4ccc(-c5ccc6c(c5)nc(-c5ccccc5)c5cccc(-c7ccccc7)c56)cc4)cc3)n2)cc1. The second kappa shape index (κ2) is 14.3. The second-order valence-electron chi connectivity index (χ2n) is 13.8. The van der Waals surface area contributed by atoms with Crippen LogP contribution < -0.4 is 0 Å². The van der Waals surface area contributed by atoms with Gasteiger partial charge in [-0.25, -0.2) is 19.9 Å². The van der Waals surface area contributed by atoms with Crippen LogP contribution in [-0.2, 0) is 0 Å². The summed E-state index contributed by atoms with van der Waals surface area (Å²) in [6.07, 6.45) is 0. The van der Waals surface area contributed by atoms with Gasteiger partial charge in [-0.05, 0) is 39.4 Å². The molecule has 10 rings (SSSR count). The van der Waals surface area contributed by atoms with E-state index in [2.05, 4.69) is 146 Å². The number of pyridine rings is 1. The molecule has 2 aromatic heterocycles. The Morgan fingerprint density at radius 2 is 0.661 bits per heavy atom. The smallest absolute Gasteiger partial charge is 0.164 e. The Balaban J connectivity index is 0.995. The zero-order valence-electron chi connectivity index (χ0n) is 30.4. The van der Waals surface area contributed by atoms with E-state index >= 15 is 0 Å². The van der Waals surface area contributed by atoms with Crippen molar-refractivity contribution in [3.8, 4) is 78.8 Å². The van der Waals surface area contributed by atoms with Crippen molar-refractivity contribution in [1.82, 2.24) is 19.9 Å². The van der Waals surface area contributed by atoms with Crippen LogP contribution in [0.1, 0.15) is 0 Å². The van der Waals surface area contributed by atoms with Crippen molar-refractivity contribution >= 4 is 21.7 Å². The van der Waals surface area contributed by atoms with Gasteiger partial charge in [-0.15, -0.1) is 0 Å². The molecule has 0 saturated carbocycles. The van der Waals surface area contributed by atoms with Crippen molar-refractivity contribution in [2.75, 3.05) is 0 Å². The number of hydrogen-bond donors (Lipinski definition) is 0. The molecule has 2 heterocycles. The van der Waals surface area contributed by atoms with Gasteiger partial charge in [0.1, 0.15) is 0 Å². The third-order valence-corrected chi connectivity index (χ3v) is 10.3. The monoisotopic (exact) mass is 714 g/mol. The van der Waals surface area contributed by atoms with Gasteiger partial charge in [0.15, 0.2) is 17.5 Å². The summed E-state index contributed by atoms with van der Waals surface area (Å²) < 4.78 is 0. The molecule has 0 aliphatic carbocycles. The van der Waals surface area contributed by atoms with E-state index in [-0.39, 0.29) is 0 Å². The molecule has 10 aromatic rings. The molecule has 262 valence electrons. The Morgan fingerprint density at radius 3 is 1.18 bits per heavy atom. The summed E-state index contributed by atoms with van der Waals surface area (Å²) in [6, 6.07) is 71.8. The van der Waals surface area contributed by atoms with Crippen LogP contribution in [0, 0.1) is 0 Å². The molecule has 0 aliphatic rings. The quantitative estimate of drug-likeness (QED) is 0.154. The second-order valence-corrected chi connectivity index (χ2v) is 13.8. The largest absolute Gasteiger partial charge is 0.247 e. The molecule has 0 unspecified atom stereocenters. The maximum atomic E-state index is 5.32. The lowest BCUT2D eigenvalue weighted by Crippen LogP contribution is -2.00. The maximum Gasteiger partial charge on any atom is 0.164 e. The first-order valence-corrected chi connectivity index (χ1v) is 18.8. The molecular formula is C52H34N4. The highest BCUT2D eigenvalue weighted by atomic mass is 15.0. The van der Waals surface area contributed by atoms with Gasteiger partial charge in [0.05, 0.1) is 11.2 Å². The van der Waals surface area contributed by atoms with Crippen LogP contribution in [-0.4, -0.2) is 19.9 Å². The fourth-order valence-electron chi connectivity index (χ4n) is 7.51. The molecule has 0 fully saturated rings. The zero-order valence-corrected chi connectivity index (χ0v) is 30.4. The van der Waals surface area contributed by atoms with E-state index in [4.69, 9.17) is 19.9 Å². The highest BCUT2D eigenvalue weighted by Crippen LogP contribution is 2.40. The van der Waals surface area contributed by atoms with Crippen LogP contribution in [0.5, 0.6) is 0 Å². The van der Waals surface area contributed by atoms with Gasteiger partial charge in [0, 0.05) is 38.4 Å². The highest BCUT2D eigenvalue weighted by Gasteiger charge is 2.16. The van der Waals surface area contributed by atoms with Crippen LogP contribution in [0.4, 0.5) is 0 Å². The van der Waals surface area contributed by atoms with Crippen molar-refractivity contribution in [2.45, 2.75) is 0 Å². The zero-order chi connectivity index (χ0) is 37.3. The van der Waals surface area contributed by atoms with Crippen molar-refractivity contribution in [3.63, 3.8) is 0 Å². The van der Waals surface area contributed by atoms with Crippen molar-refractivity contribution in [1.29, 1.82) is 0 Å².